The lowest BCUT2D eigenvalue weighted by Gasteiger charge is -2.46. The van der Waals surface area contributed by atoms with Gasteiger partial charge in [-0.15, -0.1) is 0 Å². The summed E-state index contributed by atoms with van der Waals surface area (Å²) in [7, 11) is -3.20. The first-order chi connectivity index (χ1) is 16.7. The number of halogens is 6. The number of carbonyl (C=O) groups is 1. The van der Waals surface area contributed by atoms with E-state index in [4.69, 9.17) is 16.4 Å². The Hall–Kier alpha value is -2.80. The largest absolute Gasteiger partial charge is 0.435 e. The van der Waals surface area contributed by atoms with E-state index in [0.717, 1.165) is 18.3 Å². The molecule has 0 spiro atoms. The van der Waals surface area contributed by atoms with Crippen molar-refractivity contribution in [2.24, 2.45) is 11.1 Å². The predicted molar refractivity (Wildman–Crippen MR) is 117 cm³/mol. The highest BCUT2D eigenvalue weighted by Gasteiger charge is 2.62. The van der Waals surface area contributed by atoms with Crippen molar-refractivity contribution in [1.29, 1.82) is 0 Å². The molecule has 2 fully saturated rings. The molecule has 3 aliphatic heterocycles. The molecule has 0 saturated carbocycles. The van der Waals surface area contributed by atoms with Crippen LogP contribution in [0.2, 0.25) is 5.02 Å². The average molecular weight is 550 g/mol. The van der Waals surface area contributed by atoms with Gasteiger partial charge in [0, 0.05) is 22.3 Å². The van der Waals surface area contributed by atoms with Crippen LogP contribution >= 0.6 is 11.6 Å². The summed E-state index contributed by atoms with van der Waals surface area (Å²) in [6.45, 7) is -0.618. The van der Waals surface area contributed by atoms with Crippen molar-refractivity contribution < 1.29 is 40.0 Å². The molecule has 1 atom stereocenters. The molecule has 1 aromatic heterocycles. The molecule has 0 aliphatic carbocycles. The molecule has 192 valence electrons. The van der Waals surface area contributed by atoms with Gasteiger partial charge >= 0.3 is 6.18 Å². The van der Waals surface area contributed by atoms with Crippen LogP contribution < -0.4 is 0 Å². The van der Waals surface area contributed by atoms with Crippen LogP contribution in [-0.4, -0.2) is 60.7 Å². The maximum absolute atomic E-state index is 15.2. The molecule has 36 heavy (non-hydrogen) atoms. The number of nitrogens with zero attached hydrogens (tertiary/aromatic N) is 3. The molecular formula is C22H17ClF5N3O4S. The summed E-state index contributed by atoms with van der Waals surface area (Å²) in [5.41, 5.74) is -5.50. The minimum absolute atomic E-state index is 0.0324. The summed E-state index contributed by atoms with van der Waals surface area (Å²) >= 11 is 5.75. The van der Waals surface area contributed by atoms with E-state index < -0.39 is 56.9 Å². The first kappa shape index (κ1) is 24.9. The van der Waals surface area contributed by atoms with Crippen molar-refractivity contribution in [2.45, 2.75) is 23.9 Å². The van der Waals surface area contributed by atoms with E-state index in [1.165, 1.54) is 17.0 Å². The predicted octanol–water partition coefficient (Wildman–Crippen LogP) is 3.51. The first-order valence-corrected chi connectivity index (χ1v) is 12.8. The van der Waals surface area contributed by atoms with Crippen molar-refractivity contribution in [2.75, 3.05) is 24.6 Å². The quantitative estimate of drug-likeness (QED) is 0.545. The number of likely N-dealkylation sites (tertiary alicyclic amines) is 1. The summed E-state index contributed by atoms with van der Waals surface area (Å²) < 4.78 is 93.8. The number of benzene rings is 1. The summed E-state index contributed by atoms with van der Waals surface area (Å²) in [5.74, 6) is -2.57. The van der Waals surface area contributed by atoms with Gasteiger partial charge in [0.1, 0.15) is 5.82 Å². The molecule has 1 unspecified atom stereocenters. The zero-order chi connectivity index (χ0) is 26.1. The van der Waals surface area contributed by atoms with Crippen LogP contribution in [0.3, 0.4) is 0 Å². The molecule has 1 aromatic carbocycles. The third-order valence-electron chi connectivity index (χ3n) is 6.52. The summed E-state index contributed by atoms with van der Waals surface area (Å²) in [4.78, 5) is 22.3. The van der Waals surface area contributed by atoms with Gasteiger partial charge in [-0.3, -0.25) is 9.78 Å². The van der Waals surface area contributed by atoms with Gasteiger partial charge in [-0.25, -0.2) is 17.2 Å². The third kappa shape index (κ3) is 4.11. The molecule has 2 saturated heterocycles. The van der Waals surface area contributed by atoms with Crippen LogP contribution in [0.4, 0.5) is 22.0 Å². The van der Waals surface area contributed by atoms with Gasteiger partial charge in [-0.05, 0) is 30.3 Å². The smallest absolute Gasteiger partial charge is 0.374 e. The van der Waals surface area contributed by atoms with Crippen LogP contribution in [0, 0.1) is 11.7 Å². The minimum atomic E-state index is -4.96. The summed E-state index contributed by atoms with van der Waals surface area (Å²) in [6.07, 6.45) is -4.61. The van der Waals surface area contributed by atoms with Crippen LogP contribution in [0.5, 0.6) is 0 Å². The number of hydrogen-bond acceptors (Lipinski definition) is 6. The number of hydrogen-bond donors (Lipinski definition) is 0. The molecule has 1 amide bonds. The van der Waals surface area contributed by atoms with E-state index in [1.807, 2.05) is 0 Å². The number of oxime groups is 1. The maximum atomic E-state index is 15.2. The van der Waals surface area contributed by atoms with E-state index >= 15 is 4.39 Å². The Balaban J connectivity index is 1.30. The van der Waals surface area contributed by atoms with Crippen molar-refractivity contribution in [3.05, 3.63) is 64.2 Å². The van der Waals surface area contributed by atoms with E-state index in [0.29, 0.717) is 6.07 Å². The van der Waals surface area contributed by atoms with Gasteiger partial charge < -0.3 is 9.74 Å². The lowest BCUT2D eigenvalue weighted by atomic mass is 9.86. The number of aromatic nitrogens is 1. The normalized spacial score (nSPS) is 24.9. The molecule has 7 nitrogen and oxygen atoms in total. The zero-order valence-corrected chi connectivity index (χ0v) is 19.8. The lowest BCUT2D eigenvalue weighted by molar-refractivity contribution is -0.275. The van der Waals surface area contributed by atoms with Crippen molar-refractivity contribution in [3.63, 3.8) is 0 Å². The van der Waals surface area contributed by atoms with Gasteiger partial charge in [-0.2, -0.15) is 13.2 Å². The standard InChI is InChI=1S/C22H17ClF5N3O4S/c23-15-3-14(4-16(24)5-15)21(22(26,27)28)6-17(30-35-21)12-1-2-18(29-7-12)20(25)10-31(11-20)19(32)13-8-36(33,34)9-13/h1-5,7,13H,6,8-11H2. The van der Waals surface area contributed by atoms with Crippen molar-refractivity contribution in [1.82, 2.24) is 9.88 Å². The maximum Gasteiger partial charge on any atom is 0.435 e. The molecule has 0 radical (unpaired) electrons. The average Bonchev–Trinajstić information content (AvgIpc) is 3.21. The van der Waals surface area contributed by atoms with Gasteiger partial charge in [0.15, 0.2) is 15.5 Å². The second-order valence-corrected chi connectivity index (χ2v) is 11.7. The molecule has 14 heteroatoms. The third-order valence-corrected chi connectivity index (χ3v) is 8.56. The highest BCUT2D eigenvalue weighted by Crippen LogP contribution is 2.49. The van der Waals surface area contributed by atoms with E-state index in [2.05, 4.69) is 10.1 Å². The second-order valence-electron chi connectivity index (χ2n) is 9.15. The highest BCUT2D eigenvalue weighted by molar-refractivity contribution is 7.92. The number of sulfone groups is 1. The van der Waals surface area contributed by atoms with Crippen LogP contribution in [0.25, 0.3) is 0 Å². The SMILES string of the molecule is O=C(C1CS(=O)(=O)C1)N1CC(F)(c2ccc(C3=NOC(c4cc(F)cc(Cl)c4)(C(F)(F)F)C3)cn2)C1. The van der Waals surface area contributed by atoms with Crippen molar-refractivity contribution >= 4 is 33.1 Å². The number of pyridine rings is 1. The first-order valence-electron chi connectivity index (χ1n) is 10.6. The topological polar surface area (TPSA) is 88.9 Å². The van der Waals surface area contributed by atoms with Crippen molar-refractivity contribution in [3.8, 4) is 0 Å². The molecule has 3 aliphatic rings. The molecular weight excluding hydrogens is 533 g/mol. The van der Waals surface area contributed by atoms with Crippen LogP contribution in [0.1, 0.15) is 23.2 Å². The van der Waals surface area contributed by atoms with E-state index in [9.17, 15) is 30.8 Å². The summed E-state index contributed by atoms with van der Waals surface area (Å²) in [6, 6.07) is 5.10. The fraction of sp³-hybridized carbons (Fsp3) is 0.409. The minimum Gasteiger partial charge on any atom is -0.374 e. The highest BCUT2D eigenvalue weighted by atomic mass is 35.5. The molecule has 0 N–H and O–H groups in total. The van der Waals surface area contributed by atoms with Gasteiger partial charge in [0.05, 0.1) is 48.3 Å². The molecule has 5 rings (SSSR count). The Bertz CT molecular complexity index is 1340. The fourth-order valence-electron chi connectivity index (χ4n) is 4.52. The molecule has 2 aromatic rings. The number of alkyl halides is 4. The Morgan fingerprint density at radius 3 is 2.42 bits per heavy atom. The van der Waals surface area contributed by atoms with Crippen LogP contribution in [0.15, 0.2) is 41.7 Å². The van der Waals surface area contributed by atoms with E-state index in [1.54, 1.807) is 0 Å². The Morgan fingerprint density at radius 1 is 1.17 bits per heavy atom. The lowest BCUT2D eigenvalue weighted by Crippen LogP contribution is -2.62. The van der Waals surface area contributed by atoms with Gasteiger partial charge in [0.2, 0.25) is 5.91 Å². The number of amides is 1. The molecule has 0 bridgehead atoms. The number of rotatable bonds is 4. The van der Waals surface area contributed by atoms with Gasteiger partial charge in [-0.1, -0.05) is 16.8 Å². The summed E-state index contributed by atoms with van der Waals surface area (Å²) in [5, 5.41) is 3.33. The second kappa shape index (κ2) is 8.10. The number of carbonyl (C=O) groups excluding carboxylic acids is 1. The Labute approximate surface area is 206 Å². The molecule has 4 heterocycles. The Kier molecular flexibility index (Phi) is 5.60. The van der Waals surface area contributed by atoms with Gasteiger partial charge in [0.25, 0.3) is 5.60 Å². The fourth-order valence-corrected chi connectivity index (χ4v) is 6.15. The monoisotopic (exact) mass is 549 g/mol. The van der Waals surface area contributed by atoms with Crippen LogP contribution in [-0.2, 0) is 30.7 Å². The Morgan fingerprint density at radius 2 is 1.86 bits per heavy atom. The van der Waals surface area contributed by atoms with E-state index in [-0.39, 0.29) is 46.6 Å². The zero-order valence-electron chi connectivity index (χ0n) is 18.2.